The van der Waals surface area contributed by atoms with Gasteiger partial charge in [0.1, 0.15) is 5.75 Å². The van der Waals surface area contributed by atoms with Gasteiger partial charge in [-0.1, -0.05) is 12.1 Å². The highest BCUT2D eigenvalue weighted by atomic mass is 16.5. The van der Waals surface area contributed by atoms with Crippen LogP contribution in [-0.2, 0) is 9.59 Å². The number of esters is 1. The molecule has 0 saturated heterocycles. The van der Waals surface area contributed by atoms with Gasteiger partial charge < -0.3 is 9.64 Å². The van der Waals surface area contributed by atoms with Gasteiger partial charge in [0.25, 0.3) is 0 Å². The molecular formula is C13H15NO3. The number of carbonyl (C=O) groups is 2. The van der Waals surface area contributed by atoms with E-state index in [0.29, 0.717) is 5.75 Å². The van der Waals surface area contributed by atoms with Crippen LogP contribution in [-0.4, -0.2) is 30.9 Å². The number of amides is 1. The first-order chi connectivity index (χ1) is 7.99. The number of carbonyl (C=O) groups excluding carboxylic acids is 2. The molecule has 1 aromatic rings. The van der Waals surface area contributed by atoms with E-state index in [4.69, 9.17) is 4.74 Å². The number of benzene rings is 1. The highest BCUT2D eigenvalue weighted by molar-refractivity contribution is 5.94. The average molecular weight is 233 g/mol. The Hall–Kier alpha value is -2.10. The molecule has 4 heteroatoms. The predicted molar refractivity (Wildman–Crippen MR) is 64.6 cm³/mol. The zero-order chi connectivity index (χ0) is 12.8. The summed E-state index contributed by atoms with van der Waals surface area (Å²) in [4.78, 5) is 23.9. The molecular weight excluding hydrogens is 218 g/mol. The molecule has 17 heavy (non-hydrogen) atoms. The van der Waals surface area contributed by atoms with Crippen LogP contribution in [0, 0.1) is 6.92 Å². The molecule has 0 unspecified atom stereocenters. The van der Waals surface area contributed by atoms with Crippen molar-refractivity contribution in [1.82, 2.24) is 4.90 Å². The minimum absolute atomic E-state index is 0.258. The van der Waals surface area contributed by atoms with Gasteiger partial charge in [0, 0.05) is 26.2 Å². The second-order valence-electron chi connectivity index (χ2n) is 3.80. The molecule has 0 aliphatic heterocycles. The fourth-order valence-electron chi connectivity index (χ4n) is 1.12. The Morgan fingerprint density at radius 2 is 1.94 bits per heavy atom. The van der Waals surface area contributed by atoms with Crippen molar-refractivity contribution in [3.63, 3.8) is 0 Å². The van der Waals surface area contributed by atoms with Gasteiger partial charge in [-0.2, -0.15) is 0 Å². The molecule has 0 aromatic heterocycles. The van der Waals surface area contributed by atoms with Crippen LogP contribution >= 0.6 is 0 Å². The summed E-state index contributed by atoms with van der Waals surface area (Å²) < 4.78 is 5.03. The molecule has 1 aromatic carbocycles. The minimum atomic E-state index is -0.564. The molecule has 0 aliphatic rings. The zero-order valence-corrected chi connectivity index (χ0v) is 10.1. The van der Waals surface area contributed by atoms with Gasteiger partial charge in [-0.25, -0.2) is 4.79 Å². The summed E-state index contributed by atoms with van der Waals surface area (Å²) in [6, 6.07) is 7.14. The van der Waals surface area contributed by atoms with E-state index in [1.54, 1.807) is 32.3 Å². The zero-order valence-electron chi connectivity index (χ0n) is 10.1. The minimum Gasteiger partial charge on any atom is -0.423 e. The van der Waals surface area contributed by atoms with Gasteiger partial charge in [-0.15, -0.1) is 0 Å². The molecule has 0 atom stereocenters. The summed E-state index contributed by atoms with van der Waals surface area (Å²) in [6.07, 6.45) is 2.29. The van der Waals surface area contributed by atoms with Gasteiger partial charge in [-0.3, -0.25) is 4.79 Å². The molecule has 0 aliphatic carbocycles. The Bertz CT molecular complexity index is 450. The maximum atomic E-state index is 11.4. The molecule has 1 amide bonds. The predicted octanol–water partition coefficient (Wildman–Crippen LogP) is 1.54. The number of rotatable bonds is 3. The number of aryl methyl sites for hydroxylation is 1. The lowest BCUT2D eigenvalue weighted by atomic mass is 10.2. The van der Waals surface area contributed by atoms with Crippen molar-refractivity contribution in [1.29, 1.82) is 0 Å². The lowest BCUT2D eigenvalue weighted by molar-refractivity contribution is -0.129. The van der Waals surface area contributed by atoms with Crippen molar-refractivity contribution in [2.75, 3.05) is 14.1 Å². The smallest absolute Gasteiger partial charge is 0.336 e. The first kappa shape index (κ1) is 13.0. The third-order valence-electron chi connectivity index (χ3n) is 2.01. The third kappa shape index (κ3) is 4.51. The van der Waals surface area contributed by atoms with E-state index >= 15 is 0 Å². The second-order valence-corrected chi connectivity index (χ2v) is 3.80. The molecule has 4 nitrogen and oxygen atoms in total. The van der Waals surface area contributed by atoms with E-state index < -0.39 is 5.97 Å². The SMILES string of the molecule is Cc1cccc(OC(=O)/C=C/C(=O)N(C)C)c1. The summed E-state index contributed by atoms with van der Waals surface area (Å²) in [6.45, 7) is 1.91. The highest BCUT2D eigenvalue weighted by Crippen LogP contribution is 2.12. The summed E-state index contributed by atoms with van der Waals surface area (Å²) in [5.41, 5.74) is 1.00. The molecule has 0 heterocycles. The summed E-state index contributed by atoms with van der Waals surface area (Å²) in [5.74, 6) is -0.353. The Morgan fingerprint density at radius 1 is 1.24 bits per heavy atom. The summed E-state index contributed by atoms with van der Waals surface area (Å²) in [7, 11) is 3.22. The fourth-order valence-corrected chi connectivity index (χ4v) is 1.12. The van der Waals surface area contributed by atoms with Crippen LogP contribution in [0.1, 0.15) is 5.56 Å². The van der Waals surface area contributed by atoms with E-state index in [0.717, 1.165) is 11.6 Å². The highest BCUT2D eigenvalue weighted by Gasteiger charge is 2.03. The third-order valence-corrected chi connectivity index (χ3v) is 2.01. The van der Waals surface area contributed by atoms with E-state index in [2.05, 4.69) is 0 Å². The van der Waals surface area contributed by atoms with Crippen molar-refractivity contribution in [2.24, 2.45) is 0 Å². The first-order valence-corrected chi connectivity index (χ1v) is 5.17. The van der Waals surface area contributed by atoms with Crippen LogP contribution in [0.4, 0.5) is 0 Å². The van der Waals surface area contributed by atoms with Gasteiger partial charge in [0.2, 0.25) is 5.91 Å². The molecule has 0 radical (unpaired) electrons. The quantitative estimate of drug-likeness (QED) is 0.452. The number of hydrogen-bond acceptors (Lipinski definition) is 3. The Labute approximate surface area is 100 Å². The lowest BCUT2D eigenvalue weighted by Gasteiger charge is -2.05. The van der Waals surface area contributed by atoms with Crippen molar-refractivity contribution >= 4 is 11.9 Å². The standard InChI is InChI=1S/C13H15NO3/c1-10-5-4-6-11(9-10)17-13(16)8-7-12(15)14(2)3/h4-9H,1-3H3/b8-7+. The summed E-state index contributed by atoms with van der Waals surface area (Å²) in [5, 5.41) is 0. The number of hydrogen-bond donors (Lipinski definition) is 0. The van der Waals surface area contributed by atoms with Crippen LogP contribution in [0.25, 0.3) is 0 Å². The lowest BCUT2D eigenvalue weighted by Crippen LogP contribution is -2.19. The van der Waals surface area contributed by atoms with Crippen LogP contribution < -0.4 is 4.74 Å². The molecule has 0 bridgehead atoms. The van der Waals surface area contributed by atoms with Gasteiger partial charge >= 0.3 is 5.97 Å². The van der Waals surface area contributed by atoms with Crippen molar-refractivity contribution in [2.45, 2.75) is 6.92 Å². The van der Waals surface area contributed by atoms with Crippen molar-refractivity contribution < 1.29 is 14.3 Å². The number of nitrogens with zero attached hydrogens (tertiary/aromatic N) is 1. The molecule has 0 N–H and O–H groups in total. The molecule has 90 valence electrons. The first-order valence-electron chi connectivity index (χ1n) is 5.17. The van der Waals surface area contributed by atoms with E-state index in [1.165, 1.54) is 11.0 Å². The monoisotopic (exact) mass is 233 g/mol. The molecule has 1 rings (SSSR count). The van der Waals surface area contributed by atoms with Crippen LogP contribution in [0.3, 0.4) is 0 Å². The van der Waals surface area contributed by atoms with E-state index in [1.807, 2.05) is 13.0 Å². The Morgan fingerprint density at radius 3 is 2.53 bits per heavy atom. The Kier molecular flexibility index (Phi) is 4.46. The molecule has 0 saturated carbocycles. The van der Waals surface area contributed by atoms with Gasteiger partial charge in [0.05, 0.1) is 0 Å². The largest absolute Gasteiger partial charge is 0.423 e. The van der Waals surface area contributed by atoms with E-state index in [-0.39, 0.29) is 5.91 Å². The van der Waals surface area contributed by atoms with Crippen LogP contribution in [0.5, 0.6) is 5.75 Å². The topological polar surface area (TPSA) is 46.6 Å². The summed E-state index contributed by atoms with van der Waals surface area (Å²) >= 11 is 0. The van der Waals surface area contributed by atoms with E-state index in [9.17, 15) is 9.59 Å². The molecule has 0 spiro atoms. The van der Waals surface area contributed by atoms with Crippen molar-refractivity contribution in [3.8, 4) is 5.75 Å². The number of ether oxygens (including phenoxy) is 1. The molecule has 0 fully saturated rings. The normalized spacial score (nSPS) is 10.3. The second kappa shape index (κ2) is 5.84. The fraction of sp³-hybridized carbons (Fsp3) is 0.231. The van der Waals surface area contributed by atoms with Crippen LogP contribution in [0.15, 0.2) is 36.4 Å². The van der Waals surface area contributed by atoms with Crippen LogP contribution in [0.2, 0.25) is 0 Å². The van der Waals surface area contributed by atoms with Crippen molar-refractivity contribution in [3.05, 3.63) is 42.0 Å². The average Bonchev–Trinajstić information content (AvgIpc) is 2.25. The Balaban J connectivity index is 2.59. The van der Waals surface area contributed by atoms with Gasteiger partial charge in [-0.05, 0) is 24.6 Å². The maximum absolute atomic E-state index is 11.4. The number of likely N-dealkylation sites (N-methyl/N-ethyl adjacent to an activating group) is 1. The maximum Gasteiger partial charge on any atom is 0.336 e. The van der Waals surface area contributed by atoms with Gasteiger partial charge in [0.15, 0.2) is 0 Å².